The maximum Gasteiger partial charge on any atom is 0.251 e. The smallest absolute Gasteiger partial charge is 0.251 e. The SMILES string of the molecule is CC(C)(C)c1ccc(C(Cc2ccc(C(=O)NCCS(=O)[O-])cc2)c2cc(-c3cccc(-c4ccc(NS(C)(=O)=O)cc4)c3)on2)cc1. The molecule has 1 aromatic heterocycles. The molecule has 0 radical (unpaired) electrons. The molecule has 0 saturated heterocycles. The number of benzene rings is 4. The third-order valence-electron chi connectivity index (χ3n) is 7.94. The zero-order valence-electron chi connectivity index (χ0n) is 27.2. The van der Waals surface area contributed by atoms with Gasteiger partial charge in [-0.25, -0.2) is 8.42 Å². The molecule has 0 aliphatic carbocycles. The standard InChI is InChI=1S/C37H39N3O6S2/c1-37(2,3)31-16-12-27(13-17-31)33(22-25-8-10-28(11-9-25)36(41)38-20-21-47(42)43)34-24-35(46-39-34)30-7-5-6-29(23-30)26-14-18-32(19-15-26)40-48(4,44)45/h5-19,23-24,33,40H,20-22H2,1-4H3,(H,38,41)(H,42,43)/p-1. The molecule has 2 atom stereocenters. The molecule has 11 heteroatoms. The van der Waals surface area contributed by atoms with Crippen LogP contribution in [0.1, 0.15) is 59.4 Å². The van der Waals surface area contributed by atoms with Gasteiger partial charge in [0.1, 0.15) is 0 Å². The van der Waals surface area contributed by atoms with Crippen LogP contribution >= 0.6 is 0 Å². The molecule has 0 aliphatic rings. The first kappa shape index (κ1) is 34.7. The fourth-order valence-corrected chi connectivity index (χ4v) is 6.21. The number of amides is 1. The third kappa shape index (κ3) is 9.27. The highest BCUT2D eigenvalue weighted by Gasteiger charge is 2.22. The van der Waals surface area contributed by atoms with Crippen LogP contribution in [0.5, 0.6) is 0 Å². The highest BCUT2D eigenvalue weighted by molar-refractivity contribution is 7.92. The molecule has 9 nitrogen and oxygen atoms in total. The summed E-state index contributed by atoms with van der Waals surface area (Å²) in [5.41, 5.74) is 7.72. The lowest BCUT2D eigenvalue weighted by Crippen LogP contribution is -2.27. The topological polar surface area (TPSA) is 141 Å². The van der Waals surface area contributed by atoms with Gasteiger partial charge in [-0.15, -0.1) is 0 Å². The molecule has 0 spiro atoms. The summed E-state index contributed by atoms with van der Waals surface area (Å²) in [6.45, 7) is 6.58. The highest BCUT2D eigenvalue weighted by Crippen LogP contribution is 2.34. The molecule has 2 N–H and O–H groups in total. The van der Waals surface area contributed by atoms with Gasteiger partial charge < -0.3 is 14.4 Å². The van der Waals surface area contributed by atoms with Gasteiger partial charge in [0.05, 0.1) is 11.9 Å². The first-order valence-electron chi connectivity index (χ1n) is 15.4. The van der Waals surface area contributed by atoms with E-state index in [2.05, 4.69) is 60.2 Å². The Kier molecular flexibility index (Phi) is 10.6. The number of anilines is 1. The van der Waals surface area contributed by atoms with E-state index in [0.29, 0.717) is 23.4 Å². The lowest BCUT2D eigenvalue weighted by atomic mass is 9.83. The molecular formula is C37H38N3O6S2-. The largest absolute Gasteiger partial charge is 0.772 e. The van der Waals surface area contributed by atoms with Gasteiger partial charge in [-0.05, 0) is 70.0 Å². The summed E-state index contributed by atoms with van der Waals surface area (Å²) in [5.74, 6) is 0.0128. The van der Waals surface area contributed by atoms with E-state index in [1.807, 2.05) is 54.6 Å². The van der Waals surface area contributed by atoms with Crippen molar-refractivity contribution in [3.05, 3.63) is 131 Å². The fourth-order valence-electron chi connectivity index (χ4n) is 5.37. The average Bonchev–Trinajstić information content (AvgIpc) is 3.53. The number of carbonyl (C=O) groups is 1. The Bertz CT molecular complexity index is 2000. The van der Waals surface area contributed by atoms with Gasteiger partial charge in [-0.3, -0.25) is 13.7 Å². The summed E-state index contributed by atoms with van der Waals surface area (Å²) in [6.07, 6.45) is 1.72. The number of sulfonamides is 1. The Hall–Kier alpha value is -4.58. The van der Waals surface area contributed by atoms with Crippen molar-refractivity contribution >= 4 is 32.7 Å². The summed E-state index contributed by atoms with van der Waals surface area (Å²) < 4.78 is 53.1. The summed E-state index contributed by atoms with van der Waals surface area (Å²) in [6, 6.07) is 32.8. The van der Waals surface area contributed by atoms with E-state index in [1.165, 1.54) is 5.56 Å². The second-order valence-corrected chi connectivity index (χ2v) is 15.5. The second-order valence-electron chi connectivity index (χ2n) is 12.7. The van der Waals surface area contributed by atoms with Crippen molar-refractivity contribution in [1.82, 2.24) is 10.5 Å². The fraction of sp³-hybridized carbons (Fsp3) is 0.243. The number of aromatic nitrogens is 1. The molecule has 5 aromatic rings. The average molecular weight is 685 g/mol. The lowest BCUT2D eigenvalue weighted by Gasteiger charge is -2.21. The van der Waals surface area contributed by atoms with E-state index >= 15 is 0 Å². The van der Waals surface area contributed by atoms with Crippen LogP contribution in [0.15, 0.2) is 108 Å². The predicted molar refractivity (Wildman–Crippen MR) is 189 cm³/mol. The van der Waals surface area contributed by atoms with Crippen LogP contribution in [-0.2, 0) is 32.9 Å². The Morgan fingerprint density at radius 1 is 0.896 bits per heavy atom. The van der Waals surface area contributed by atoms with Crippen LogP contribution in [0, 0.1) is 0 Å². The number of carbonyl (C=O) groups excluding carboxylic acids is 1. The summed E-state index contributed by atoms with van der Waals surface area (Å²) >= 11 is -2.21. The maximum absolute atomic E-state index is 12.5. The van der Waals surface area contributed by atoms with Crippen molar-refractivity contribution in [3.63, 3.8) is 0 Å². The van der Waals surface area contributed by atoms with E-state index in [9.17, 15) is 22.0 Å². The third-order valence-corrected chi connectivity index (χ3v) is 9.09. The minimum absolute atomic E-state index is 0.00374. The lowest BCUT2D eigenvalue weighted by molar-refractivity contribution is 0.0956. The highest BCUT2D eigenvalue weighted by atomic mass is 32.2. The first-order chi connectivity index (χ1) is 22.7. The van der Waals surface area contributed by atoms with E-state index in [-0.39, 0.29) is 29.5 Å². The molecule has 0 bridgehead atoms. The van der Waals surface area contributed by atoms with Crippen LogP contribution in [-0.4, -0.2) is 46.8 Å². The molecule has 1 amide bonds. The summed E-state index contributed by atoms with van der Waals surface area (Å²) in [5, 5.41) is 7.15. The van der Waals surface area contributed by atoms with Crippen LogP contribution in [0.3, 0.4) is 0 Å². The Labute approximate surface area is 284 Å². The van der Waals surface area contributed by atoms with Crippen molar-refractivity contribution in [2.75, 3.05) is 23.3 Å². The van der Waals surface area contributed by atoms with Crippen molar-refractivity contribution < 1.29 is 26.5 Å². The van der Waals surface area contributed by atoms with Crippen LogP contribution in [0.2, 0.25) is 0 Å². The molecular weight excluding hydrogens is 647 g/mol. The first-order valence-corrected chi connectivity index (χ1v) is 18.6. The van der Waals surface area contributed by atoms with Gasteiger partial charge in [-0.2, -0.15) is 0 Å². The molecule has 2 unspecified atom stereocenters. The van der Waals surface area contributed by atoms with Crippen molar-refractivity contribution in [1.29, 1.82) is 0 Å². The van der Waals surface area contributed by atoms with E-state index in [4.69, 9.17) is 4.52 Å². The molecule has 5 rings (SSSR count). The molecule has 0 saturated carbocycles. The van der Waals surface area contributed by atoms with Crippen molar-refractivity contribution in [2.24, 2.45) is 0 Å². The number of rotatable bonds is 12. The van der Waals surface area contributed by atoms with Crippen LogP contribution in [0.4, 0.5) is 5.69 Å². The number of nitrogens with zero attached hydrogens (tertiary/aromatic N) is 1. The van der Waals surface area contributed by atoms with Crippen LogP contribution < -0.4 is 10.0 Å². The minimum Gasteiger partial charge on any atom is -0.772 e. The van der Waals surface area contributed by atoms with E-state index in [1.54, 1.807) is 24.3 Å². The monoisotopic (exact) mass is 684 g/mol. The van der Waals surface area contributed by atoms with Gasteiger partial charge in [0.25, 0.3) is 5.91 Å². The van der Waals surface area contributed by atoms with E-state index < -0.39 is 21.1 Å². The summed E-state index contributed by atoms with van der Waals surface area (Å²) in [4.78, 5) is 12.5. The Balaban J connectivity index is 1.41. The molecule has 1 heterocycles. The molecule has 48 heavy (non-hydrogen) atoms. The van der Waals surface area contributed by atoms with Gasteiger partial charge in [-0.1, -0.05) is 104 Å². The van der Waals surface area contributed by atoms with Crippen molar-refractivity contribution in [2.45, 2.75) is 38.5 Å². The zero-order valence-corrected chi connectivity index (χ0v) is 28.9. The van der Waals surface area contributed by atoms with Gasteiger partial charge in [0, 0.05) is 41.1 Å². The van der Waals surface area contributed by atoms with Gasteiger partial charge >= 0.3 is 0 Å². The summed E-state index contributed by atoms with van der Waals surface area (Å²) in [7, 11) is -3.37. The van der Waals surface area contributed by atoms with Crippen molar-refractivity contribution in [3.8, 4) is 22.5 Å². The van der Waals surface area contributed by atoms with Crippen LogP contribution in [0.25, 0.3) is 22.5 Å². The molecule has 250 valence electrons. The number of hydrogen-bond donors (Lipinski definition) is 2. The Morgan fingerprint density at radius 3 is 2.19 bits per heavy atom. The Morgan fingerprint density at radius 2 is 1.56 bits per heavy atom. The van der Waals surface area contributed by atoms with E-state index in [0.717, 1.165) is 39.8 Å². The second kappa shape index (κ2) is 14.7. The molecule has 0 fully saturated rings. The quantitative estimate of drug-likeness (QED) is 0.140. The van der Waals surface area contributed by atoms with Gasteiger partial charge in [0.2, 0.25) is 10.0 Å². The minimum atomic E-state index is -3.37. The molecule has 4 aromatic carbocycles. The number of hydrogen-bond acceptors (Lipinski definition) is 7. The van der Waals surface area contributed by atoms with Gasteiger partial charge in [0.15, 0.2) is 5.76 Å². The predicted octanol–water partition coefficient (Wildman–Crippen LogP) is 6.66. The molecule has 0 aliphatic heterocycles. The maximum atomic E-state index is 12.5. The number of nitrogens with one attached hydrogen (secondary N) is 2. The normalized spacial score (nSPS) is 13.1. The zero-order chi connectivity index (χ0) is 34.5.